The predicted molar refractivity (Wildman–Crippen MR) is 81.7 cm³/mol. The first-order chi connectivity index (χ1) is 10.6. The first-order valence-corrected chi connectivity index (χ1v) is 7.72. The smallest absolute Gasteiger partial charge is 0.330 e. The zero-order valence-electron chi connectivity index (χ0n) is 13.3. The van der Waals surface area contributed by atoms with Crippen LogP contribution < -0.4 is 11.2 Å². The van der Waals surface area contributed by atoms with Crippen molar-refractivity contribution in [1.82, 2.24) is 9.55 Å². The highest BCUT2D eigenvalue weighted by atomic mass is 16.5. The minimum Gasteiger partial charge on any atom is -0.466 e. The summed E-state index contributed by atoms with van der Waals surface area (Å²) in [7, 11) is 0. The highest BCUT2D eigenvalue weighted by Gasteiger charge is 2.27. The first-order valence-electron chi connectivity index (χ1n) is 7.72. The van der Waals surface area contributed by atoms with E-state index in [1.165, 1.54) is 16.8 Å². The summed E-state index contributed by atoms with van der Waals surface area (Å²) in [5, 5.41) is 0. The standard InChI is InChI=1S/C13H18N2O5.C2H6/c1-2-19-12(17)6-4-9-3-5-11(20-9)15-8-7-10(16)14-13(15)18;1-2/h7-9,11H,2-6H2,1H3,(H,14,16,18);1-2H3. The number of aromatic amines is 1. The van der Waals surface area contributed by atoms with Gasteiger partial charge in [0, 0.05) is 18.7 Å². The van der Waals surface area contributed by atoms with E-state index in [1.807, 2.05) is 13.8 Å². The second-order valence-corrected chi connectivity index (χ2v) is 4.65. The normalized spacial score (nSPS) is 20.1. The SMILES string of the molecule is CC.CCOC(=O)CCC1CCC(n2ccc(=O)[nH]c2=O)O1. The summed E-state index contributed by atoms with van der Waals surface area (Å²) in [6.45, 7) is 6.14. The number of carbonyl (C=O) groups is 1. The molecular weight excluding hydrogens is 288 g/mol. The van der Waals surface area contributed by atoms with Gasteiger partial charge < -0.3 is 9.47 Å². The van der Waals surface area contributed by atoms with Gasteiger partial charge in [-0.15, -0.1) is 0 Å². The maximum atomic E-state index is 11.6. The lowest BCUT2D eigenvalue weighted by molar-refractivity contribution is -0.144. The molecule has 7 nitrogen and oxygen atoms in total. The van der Waals surface area contributed by atoms with Crippen LogP contribution in [0.5, 0.6) is 0 Å². The third-order valence-electron chi connectivity index (χ3n) is 3.22. The molecule has 0 saturated carbocycles. The van der Waals surface area contributed by atoms with Crippen molar-refractivity contribution < 1.29 is 14.3 Å². The number of nitrogens with one attached hydrogen (secondary N) is 1. The molecule has 1 aliphatic heterocycles. The van der Waals surface area contributed by atoms with E-state index in [0.717, 1.165) is 6.42 Å². The van der Waals surface area contributed by atoms with E-state index >= 15 is 0 Å². The van der Waals surface area contributed by atoms with Gasteiger partial charge in [-0.05, 0) is 26.2 Å². The highest BCUT2D eigenvalue weighted by Crippen LogP contribution is 2.29. The summed E-state index contributed by atoms with van der Waals surface area (Å²) in [5.41, 5.74) is -0.906. The van der Waals surface area contributed by atoms with Crippen LogP contribution in [0.1, 0.15) is 52.7 Å². The molecular formula is C15H24N2O5. The number of carbonyl (C=O) groups excluding carboxylic acids is 1. The fourth-order valence-electron chi connectivity index (χ4n) is 2.27. The van der Waals surface area contributed by atoms with E-state index in [9.17, 15) is 14.4 Å². The Kier molecular flexibility index (Phi) is 7.59. The molecule has 0 spiro atoms. The van der Waals surface area contributed by atoms with Crippen molar-refractivity contribution in [2.75, 3.05) is 6.61 Å². The minimum atomic E-state index is -0.478. The van der Waals surface area contributed by atoms with Crippen LogP contribution in [0.3, 0.4) is 0 Å². The van der Waals surface area contributed by atoms with Gasteiger partial charge in [0.25, 0.3) is 5.56 Å². The fraction of sp³-hybridized carbons (Fsp3) is 0.667. The molecule has 1 aromatic heterocycles. The van der Waals surface area contributed by atoms with Crippen molar-refractivity contribution in [2.24, 2.45) is 0 Å². The summed E-state index contributed by atoms with van der Waals surface area (Å²) < 4.78 is 12.0. The second-order valence-electron chi connectivity index (χ2n) is 4.65. The predicted octanol–water partition coefficient (Wildman–Crippen LogP) is 1.58. The van der Waals surface area contributed by atoms with Crippen LogP contribution in [-0.4, -0.2) is 28.2 Å². The molecule has 1 saturated heterocycles. The van der Waals surface area contributed by atoms with Gasteiger partial charge in [-0.3, -0.25) is 19.1 Å². The maximum absolute atomic E-state index is 11.6. The van der Waals surface area contributed by atoms with Crippen molar-refractivity contribution >= 4 is 5.97 Å². The van der Waals surface area contributed by atoms with Crippen molar-refractivity contribution in [3.05, 3.63) is 33.1 Å². The van der Waals surface area contributed by atoms with Gasteiger partial charge in [-0.25, -0.2) is 4.79 Å². The van der Waals surface area contributed by atoms with Gasteiger partial charge in [-0.2, -0.15) is 0 Å². The van der Waals surface area contributed by atoms with Gasteiger partial charge in [0.1, 0.15) is 6.23 Å². The molecule has 0 bridgehead atoms. The summed E-state index contributed by atoms with van der Waals surface area (Å²) in [5.74, 6) is -0.235. The molecule has 7 heteroatoms. The van der Waals surface area contributed by atoms with E-state index in [1.54, 1.807) is 6.92 Å². The Bertz CT molecular complexity index is 578. The molecule has 0 aromatic carbocycles. The summed E-state index contributed by atoms with van der Waals surface area (Å²) in [6.07, 6.45) is 3.32. The first kappa shape index (κ1) is 18.2. The largest absolute Gasteiger partial charge is 0.466 e. The highest BCUT2D eigenvalue weighted by molar-refractivity contribution is 5.69. The number of nitrogens with zero attached hydrogens (tertiary/aromatic N) is 1. The lowest BCUT2D eigenvalue weighted by Gasteiger charge is -2.15. The summed E-state index contributed by atoms with van der Waals surface area (Å²) in [4.78, 5) is 36.1. The van der Waals surface area contributed by atoms with Crippen LogP contribution in [-0.2, 0) is 14.3 Å². The summed E-state index contributed by atoms with van der Waals surface area (Å²) in [6, 6.07) is 1.29. The molecule has 2 heterocycles. The Hall–Kier alpha value is -1.89. The molecule has 0 aliphatic carbocycles. The zero-order valence-corrected chi connectivity index (χ0v) is 13.3. The van der Waals surface area contributed by atoms with Crippen molar-refractivity contribution in [3.63, 3.8) is 0 Å². The van der Waals surface area contributed by atoms with Gasteiger partial charge >= 0.3 is 11.7 Å². The molecule has 2 rings (SSSR count). The molecule has 2 atom stereocenters. The van der Waals surface area contributed by atoms with Crippen LogP contribution in [0.15, 0.2) is 21.9 Å². The number of hydrogen-bond donors (Lipinski definition) is 1. The Morgan fingerprint density at radius 1 is 1.41 bits per heavy atom. The van der Waals surface area contributed by atoms with Crippen LogP contribution in [0.2, 0.25) is 0 Å². The van der Waals surface area contributed by atoms with Crippen molar-refractivity contribution in [3.8, 4) is 0 Å². The van der Waals surface area contributed by atoms with Crippen LogP contribution >= 0.6 is 0 Å². The zero-order chi connectivity index (χ0) is 16.5. The molecule has 1 N–H and O–H groups in total. The Labute approximate surface area is 129 Å². The topological polar surface area (TPSA) is 90.4 Å². The average Bonchev–Trinajstić information content (AvgIpc) is 2.96. The van der Waals surface area contributed by atoms with Crippen LogP contribution in [0, 0.1) is 0 Å². The fourth-order valence-corrected chi connectivity index (χ4v) is 2.27. The Balaban J connectivity index is 0.00000116. The van der Waals surface area contributed by atoms with E-state index in [-0.39, 0.29) is 18.3 Å². The second kappa shape index (κ2) is 9.19. The number of ether oxygens (including phenoxy) is 2. The van der Waals surface area contributed by atoms with Gasteiger partial charge in [0.2, 0.25) is 0 Å². The Morgan fingerprint density at radius 2 is 2.14 bits per heavy atom. The number of esters is 1. The van der Waals surface area contributed by atoms with E-state index in [4.69, 9.17) is 9.47 Å². The molecule has 1 fully saturated rings. The number of hydrogen-bond acceptors (Lipinski definition) is 5. The van der Waals surface area contributed by atoms with Gasteiger partial charge in [-0.1, -0.05) is 13.8 Å². The van der Waals surface area contributed by atoms with Gasteiger partial charge in [0.15, 0.2) is 0 Å². The van der Waals surface area contributed by atoms with Crippen LogP contribution in [0.4, 0.5) is 0 Å². The van der Waals surface area contributed by atoms with Crippen LogP contribution in [0.25, 0.3) is 0 Å². The third kappa shape index (κ3) is 5.14. The van der Waals surface area contributed by atoms with Gasteiger partial charge in [0.05, 0.1) is 12.7 Å². The number of H-pyrrole nitrogens is 1. The van der Waals surface area contributed by atoms with Crippen molar-refractivity contribution in [2.45, 2.75) is 58.8 Å². The number of aromatic nitrogens is 2. The quantitative estimate of drug-likeness (QED) is 0.834. The third-order valence-corrected chi connectivity index (χ3v) is 3.22. The van der Waals surface area contributed by atoms with E-state index in [0.29, 0.717) is 25.9 Å². The lowest BCUT2D eigenvalue weighted by atomic mass is 10.1. The lowest BCUT2D eigenvalue weighted by Crippen LogP contribution is -2.31. The summed E-state index contributed by atoms with van der Waals surface area (Å²) >= 11 is 0. The van der Waals surface area contributed by atoms with E-state index < -0.39 is 11.2 Å². The molecule has 1 aromatic rings. The minimum absolute atomic E-state index is 0.0664. The monoisotopic (exact) mass is 312 g/mol. The molecule has 22 heavy (non-hydrogen) atoms. The van der Waals surface area contributed by atoms with Crippen molar-refractivity contribution in [1.29, 1.82) is 0 Å². The average molecular weight is 312 g/mol. The molecule has 2 unspecified atom stereocenters. The number of rotatable bonds is 5. The molecule has 1 aliphatic rings. The van der Waals surface area contributed by atoms with E-state index in [2.05, 4.69) is 4.98 Å². The Morgan fingerprint density at radius 3 is 2.77 bits per heavy atom. The maximum Gasteiger partial charge on any atom is 0.330 e. The molecule has 0 radical (unpaired) electrons. The molecule has 124 valence electrons. The molecule has 0 amide bonds.